The molecule has 146 valence electrons. The van der Waals surface area contributed by atoms with E-state index in [-0.39, 0.29) is 11.9 Å². The zero-order valence-electron chi connectivity index (χ0n) is 16.4. The molecule has 1 aliphatic heterocycles. The third-order valence-electron chi connectivity index (χ3n) is 5.24. The van der Waals surface area contributed by atoms with Crippen LogP contribution < -0.4 is 14.8 Å². The van der Waals surface area contributed by atoms with Crippen LogP contribution in [0.15, 0.2) is 36.4 Å². The molecular weight excluding hydrogens is 343 g/mol. The van der Waals surface area contributed by atoms with Gasteiger partial charge in [-0.05, 0) is 60.5 Å². The minimum absolute atomic E-state index is 0.0328. The van der Waals surface area contributed by atoms with Crippen LogP contribution in [-0.4, -0.2) is 44.8 Å². The second kappa shape index (κ2) is 9.20. The molecule has 5 heteroatoms. The number of hydrogen-bond acceptors (Lipinski definition) is 4. The molecule has 0 aliphatic carbocycles. The maximum atomic E-state index is 13.3. The van der Waals surface area contributed by atoms with Gasteiger partial charge in [-0.2, -0.15) is 0 Å². The molecule has 2 aromatic rings. The van der Waals surface area contributed by atoms with Gasteiger partial charge in [0.15, 0.2) is 11.5 Å². The summed E-state index contributed by atoms with van der Waals surface area (Å²) in [6.45, 7) is 8.71. The summed E-state index contributed by atoms with van der Waals surface area (Å²) in [5.74, 6) is 1.32. The molecule has 1 N–H and O–H groups in total. The van der Waals surface area contributed by atoms with Gasteiger partial charge in [-0.3, -0.25) is 0 Å². The first kappa shape index (κ1) is 19.6. The second-order valence-electron chi connectivity index (χ2n) is 6.77. The molecule has 27 heavy (non-hydrogen) atoms. The van der Waals surface area contributed by atoms with Gasteiger partial charge in [0.2, 0.25) is 0 Å². The quantitative estimate of drug-likeness (QED) is 0.764. The van der Waals surface area contributed by atoms with Gasteiger partial charge in [0, 0.05) is 13.1 Å². The number of fused-ring (bicyclic) bond motifs is 1. The smallest absolute Gasteiger partial charge is 0.161 e. The van der Waals surface area contributed by atoms with Crippen molar-refractivity contribution >= 4 is 0 Å². The first-order valence-corrected chi connectivity index (χ1v) is 9.71. The van der Waals surface area contributed by atoms with Crippen molar-refractivity contribution in [3.8, 4) is 11.5 Å². The average Bonchev–Trinajstić information content (AvgIpc) is 2.71. The predicted molar refractivity (Wildman–Crippen MR) is 106 cm³/mol. The zero-order valence-corrected chi connectivity index (χ0v) is 16.4. The largest absolute Gasteiger partial charge is 0.493 e. The average molecular weight is 372 g/mol. The number of nitrogens with zero attached hydrogens (tertiary/aromatic N) is 1. The molecule has 0 spiro atoms. The summed E-state index contributed by atoms with van der Waals surface area (Å²) in [7, 11) is 1.68. The fourth-order valence-electron chi connectivity index (χ4n) is 3.61. The normalized spacial score (nSPS) is 16.3. The summed E-state index contributed by atoms with van der Waals surface area (Å²) in [5, 5.41) is 3.54. The Labute approximate surface area is 161 Å². The Morgan fingerprint density at radius 1 is 1.11 bits per heavy atom. The van der Waals surface area contributed by atoms with Crippen molar-refractivity contribution in [1.29, 1.82) is 0 Å². The lowest BCUT2D eigenvalue weighted by molar-refractivity contribution is 0.217. The van der Waals surface area contributed by atoms with Crippen LogP contribution in [0.4, 0.5) is 4.39 Å². The molecule has 0 radical (unpaired) electrons. The van der Waals surface area contributed by atoms with Gasteiger partial charge in [0.05, 0.1) is 13.2 Å². The van der Waals surface area contributed by atoms with Gasteiger partial charge in [-0.25, -0.2) is 4.39 Å². The van der Waals surface area contributed by atoms with Gasteiger partial charge in [-0.15, -0.1) is 0 Å². The van der Waals surface area contributed by atoms with E-state index in [1.165, 1.54) is 23.3 Å². The maximum Gasteiger partial charge on any atom is 0.161 e. The van der Waals surface area contributed by atoms with Crippen molar-refractivity contribution in [3.05, 3.63) is 58.9 Å². The molecule has 1 unspecified atom stereocenters. The SMILES string of the molecule is CCN(CC)CCOc1cc2c(cc1OC)CCNC2c1ccc(F)cc1. The molecule has 1 atom stereocenters. The molecule has 0 fully saturated rings. The van der Waals surface area contributed by atoms with Crippen molar-refractivity contribution in [1.82, 2.24) is 10.2 Å². The fourth-order valence-corrected chi connectivity index (χ4v) is 3.61. The lowest BCUT2D eigenvalue weighted by Crippen LogP contribution is -2.31. The number of ether oxygens (including phenoxy) is 2. The number of nitrogens with one attached hydrogen (secondary N) is 1. The number of benzene rings is 2. The van der Waals surface area contributed by atoms with Crippen LogP contribution >= 0.6 is 0 Å². The Bertz CT molecular complexity index is 745. The Morgan fingerprint density at radius 3 is 2.52 bits per heavy atom. The van der Waals surface area contributed by atoms with Gasteiger partial charge in [-0.1, -0.05) is 26.0 Å². The van der Waals surface area contributed by atoms with E-state index in [0.717, 1.165) is 49.7 Å². The number of likely N-dealkylation sites (N-methyl/N-ethyl adjacent to an activating group) is 1. The van der Waals surface area contributed by atoms with Crippen LogP contribution in [0.2, 0.25) is 0 Å². The Morgan fingerprint density at radius 2 is 1.85 bits per heavy atom. The zero-order chi connectivity index (χ0) is 19.2. The number of halogens is 1. The number of methoxy groups -OCH3 is 1. The minimum atomic E-state index is -0.218. The molecule has 0 saturated carbocycles. The van der Waals surface area contributed by atoms with Crippen LogP contribution in [-0.2, 0) is 6.42 Å². The highest BCUT2D eigenvalue weighted by Gasteiger charge is 2.24. The van der Waals surface area contributed by atoms with E-state index in [0.29, 0.717) is 6.61 Å². The second-order valence-corrected chi connectivity index (χ2v) is 6.77. The summed E-state index contributed by atoms with van der Waals surface area (Å²) in [4.78, 5) is 2.33. The van der Waals surface area contributed by atoms with Crippen molar-refractivity contribution < 1.29 is 13.9 Å². The van der Waals surface area contributed by atoms with E-state index in [1.54, 1.807) is 7.11 Å². The van der Waals surface area contributed by atoms with Crippen LogP contribution in [0.25, 0.3) is 0 Å². The van der Waals surface area contributed by atoms with Gasteiger partial charge >= 0.3 is 0 Å². The minimum Gasteiger partial charge on any atom is -0.493 e. The van der Waals surface area contributed by atoms with E-state index in [4.69, 9.17) is 9.47 Å². The monoisotopic (exact) mass is 372 g/mol. The molecule has 4 nitrogen and oxygen atoms in total. The number of rotatable bonds is 8. The van der Waals surface area contributed by atoms with E-state index in [1.807, 2.05) is 12.1 Å². The Hall–Kier alpha value is -2.11. The topological polar surface area (TPSA) is 33.7 Å². The van der Waals surface area contributed by atoms with E-state index < -0.39 is 0 Å². The highest BCUT2D eigenvalue weighted by molar-refractivity contribution is 5.51. The lowest BCUT2D eigenvalue weighted by Gasteiger charge is -2.29. The molecule has 0 bridgehead atoms. The third kappa shape index (κ3) is 4.60. The summed E-state index contributed by atoms with van der Waals surface area (Å²) >= 11 is 0. The molecule has 2 aromatic carbocycles. The summed E-state index contributed by atoms with van der Waals surface area (Å²) < 4.78 is 25.0. The predicted octanol–water partition coefficient (Wildman–Crippen LogP) is 3.79. The lowest BCUT2D eigenvalue weighted by atomic mass is 9.89. The van der Waals surface area contributed by atoms with Crippen molar-refractivity contribution in [2.45, 2.75) is 26.3 Å². The summed E-state index contributed by atoms with van der Waals surface area (Å²) in [6.07, 6.45) is 0.934. The molecule has 0 aromatic heterocycles. The number of hydrogen-bond donors (Lipinski definition) is 1. The molecule has 0 amide bonds. The highest BCUT2D eigenvalue weighted by Crippen LogP contribution is 2.37. The first-order chi connectivity index (χ1) is 13.2. The van der Waals surface area contributed by atoms with Crippen molar-refractivity contribution in [3.63, 3.8) is 0 Å². The van der Waals surface area contributed by atoms with Crippen LogP contribution in [0, 0.1) is 5.82 Å². The van der Waals surface area contributed by atoms with Crippen LogP contribution in [0.5, 0.6) is 11.5 Å². The van der Waals surface area contributed by atoms with Crippen LogP contribution in [0.3, 0.4) is 0 Å². The van der Waals surface area contributed by atoms with E-state index in [9.17, 15) is 4.39 Å². The molecule has 0 saturated heterocycles. The van der Waals surface area contributed by atoms with E-state index in [2.05, 4.69) is 36.2 Å². The maximum absolute atomic E-state index is 13.3. The molecule has 1 aliphatic rings. The third-order valence-corrected chi connectivity index (χ3v) is 5.24. The molecule has 3 rings (SSSR count). The Kier molecular flexibility index (Phi) is 6.69. The van der Waals surface area contributed by atoms with E-state index >= 15 is 0 Å². The molecule has 1 heterocycles. The van der Waals surface area contributed by atoms with Gasteiger partial charge in [0.25, 0.3) is 0 Å². The Balaban J connectivity index is 1.85. The van der Waals surface area contributed by atoms with Crippen molar-refractivity contribution in [2.75, 3.05) is 39.9 Å². The summed E-state index contributed by atoms with van der Waals surface area (Å²) in [5.41, 5.74) is 3.47. The van der Waals surface area contributed by atoms with Gasteiger partial charge < -0.3 is 19.7 Å². The van der Waals surface area contributed by atoms with Crippen LogP contribution in [0.1, 0.15) is 36.6 Å². The highest BCUT2D eigenvalue weighted by atomic mass is 19.1. The molecular formula is C22H29FN2O2. The first-order valence-electron chi connectivity index (χ1n) is 9.71. The standard InChI is InChI=1S/C22H29FN2O2/c1-4-25(5-2)12-13-27-21-15-19-17(14-20(21)26-3)10-11-24-22(19)16-6-8-18(23)9-7-16/h6-9,14-15,22,24H,4-5,10-13H2,1-3H3. The summed E-state index contributed by atoms with van der Waals surface area (Å²) in [6, 6.07) is 10.9. The fraction of sp³-hybridized carbons (Fsp3) is 0.455. The van der Waals surface area contributed by atoms with Gasteiger partial charge in [0.1, 0.15) is 12.4 Å². The van der Waals surface area contributed by atoms with Crippen molar-refractivity contribution in [2.24, 2.45) is 0 Å².